The first-order valence-electron chi connectivity index (χ1n) is 11.1. The van der Waals surface area contributed by atoms with Crippen LogP contribution >= 0.6 is 11.8 Å². The van der Waals surface area contributed by atoms with Crippen LogP contribution in [0, 0.1) is 0 Å². The van der Waals surface area contributed by atoms with E-state index in [0.29, 0.717) is 17.7 Å². The number of amidine groups is 1. The monoisotopic (exact) mass is 470 g/mol. The van der Waals surface area contributed by atoms with Gasteiger partial charge in [-0.25, -0.2) is 9.79 Å². The number of piperazine rings is 1. The topological polar surface area (TPSA) is 74.7 Å². The Morgan fingerprint density at radius 2 is 1.82 bits per heavy atom. The Labute approximate surface area is 198 Å². The van der Waals surface area contributed by atoms with E-state index < -0.39 is 12.0 Å². The molecule has 1 unspecified atom stereocenters. The number of hydrogen-bond acceptors (Lipinski definition) is 8. The Bertz CT molecular complexity index is 1010. The average Bonchev–Trinajstić information content (AvgIpc) is 3.24. The Morgan fingerprint density at radius 3 is 2.42 bits per heavy atom. The Hall–Kier alpha value is -2.78. The van der Waals surface area contributed by atoms with Gasteiger partial charge in [-0.3, -0.25) is 4.79 Å². The van der Waals surface area contributed by atoms with Gasteiger partial charge in [0.05, 0.1) is 38.0 Å². The number of methoxy groups -OCH3 is 2. The number of carbonyl (C=O) groups excluding carboxylic acids is 2. The van der Waals surface area contributed by atoms with E-state index in [1.54, 1.807) is 7.11 Å². The van der Waals surface area contributed by atoms with E-state index in [4.69, 9.17) is 14.5 Å². The maximum atomic E-state index is 13.1. The molecule has 0 spiro atoms. The Morgan fingerprint density at radius 1 is 1.12 bits per heavy atom. The fourth-order valence-corrected chi connectivity index (χ4v) is 5.27. The van der Waals surface area contributed by atoms with Gasteiger partial charge in [0.15, 0.2) is 5.17 Å². The lowest BCUT2D eigenvalue weighted by atomic mass is 9.92. The molecule has 176 valence electrons. The largest absolute Gasteiger partial charge is 0.497 e. The third-order valence-corrected chi connectivity index (χ3v) is 7.14. The summed E-state index contributed by atoms with van der Waals surface area (Å²) in [5.74, 6) is 0.422. The van der Waals surface area contributed by atoms with E-state index in [-0.39, 0.29) is 12.3 Å². The fourth-order valence-electron chi connectivity index (χ4n) is 4.34. The number of rotatable bonds is 6. The van der Waals surface area contributed by atoms with Crippen molar-refractivity contribution < 1.29 is 19.1 Å². The smallest absolute Gasteiger partial charge is 0.338 e. The summed E-state index contributed by atoms with van der Waals surface area (Å²) in [4.78, 5) is 37.0. The van der Waals surface area contributed by atoms with E-state index in [1.807, 2.05) is 46.4 Å². The third kappa shape index (κ3) is 4.65. The SMILES string of the molecule is CCC1=C(C(=O)OC)C(c2ccc(OC)cc2)N2C(CC(=O)N3CCN(C)CC3)=CSC2=N1. The van der Waals surface area contributed by atoms with Crippen LogP contribution in [0.15, 0.2) is 51.6 Å². The lowest BCUT2D eigenvalue weighted by Crippen LogP contribution is -2.47. The highest BCUT2D eigenvalue weighted by molar-refractivity contribution is 8.16. The van der Waals surface area contributed by atoms with Crippen molar-refractivity contribution in [2.24, 2.45) is 4.99 Å². The van der Waals surface area contributed by atoms with Crippen molar-refractivity contribution in [1.29, 1.82) is 0 Å². The molecule has 0 saturated carbocycles. The van der Waals surface area contributed by atoms with Crippen molar-refractivity contribution in [2.75, 3.05) is 47.4 Å². The number of benzene rings is 1. The molecule has 0 radical (unpaired) electrons. The number of aliphatic imine (C=N–C) groups is 1. The molecule has 1 aromatic carbocycles. The minimum atomic E-state index is -0.424. The normalized spacial score (nSPS) is 20.9. The molecule has 1 aromatic rings. The van der Waals surface area contributed by atoms with E-state index in [0.717, 1.165) is 48.4 Å². The first-order chi connectivity index (χ1) is 16.0. The summed E-state index contributed by atoms with van der Waals surface area (Å²) in [6.07, 6.45) is 0.864. The summed E-state index contributed by atoms with van der Waals surface area (Å²) in [5.41, 5.74) is 2.98. The number of amides is 1. The predicted molar refractivity (Wildman–Crippen MR) is 129 cm³/mol. The lowest BCUT2D eigenvalue weighted by molar-refractivity contribution is -0.136. The zero-order valence-electron chi connectivity index (χ0n) is 19.5. The minimum Gasteiger partial charge on any atom is -0.497 e. The average molecular weight is 471 g/mol. The summed E-state index contributed by atoms with van der Waals surface area (Å²) >= 11 is 1.49. The van der Waals surface area contributed by atoms with Gasteiger partial charge in [-0.1, -0.05) is 30.8 Å². The molecular formula is C24H30N4O4S. The molecular weight excluding hydrogens is 440 g/mol. The van der Waals surface area contributed by atoms with Gasteiger partial charge in [-0.2, -0.15) is 0 Å². The molecule has 0 aromatic heterocycles. The number of thioether (sulfide) groups is 1. The second-order valence-electron chi connectivity index (χ2n) is 8.23. The molecule has 0 aliphatic carbocycles. The molecule has 3 aliphatic rings. The number of nitrogens with zero attached hydrogens (tertiary/aromatic N) is 4. The number of likely N-dealkylation sites (N-methyl/N-ethyl adjacent to an activating group) is 1. The van der Waals surface area contributed by atoms with Crippen LogP contribution in [0.1, 0.15) is 31.4 Å². The third-order valence-electron chi connectivity index (χ3n) is 6.25. The van der Waals surface area contributed by atoms with Crippen LogP contribution in [0.25, 0.3) is 0 Å². The van der Waals surface area contributed by atoms with Gasteiger partial charge < -0.3 is 24.2 Å². The van der Waals surface area contributed by atoms with Crippen LogP contribution in [0.2, 0.25) is 0 Å². The highest BCUT2D eigenvalue weighted by Gasteiger charge is 2.41. The standard InChI is InChI=1S/C24H30N4O4S/c1-5-19-21(23(30)32-4)22(16-6-8-18(31-3)9-7-16)28-17(15-33-24(28)25-19)14-20(29)27-12-10-26(2)11-13-27/h6-9,15,22H,5,10-14H2,1-4H3. The molecule has 1 atom stereocenters. The molecule has 1 amide bonds. The molecule has 4 rings (SSSR count). The number of ether oxygens (including phenoxy) is 2. The van der Waals surface area contributed by atoms with Crippen LogP contribution in [-0.4, -0.2) is 79.2 Å². The summed E-state index contributed by atoms with van der Waals surface area (Å²) in [6.45, 7) is 5.19. The predicted octanol–water partition coefficient (Wildman–Crippen LogP) is 3.00. The summed E-state index contributed by atoms with van der Waals surface area (Å²) in [5, 5.41) is 2.76. The van der Waals surface area contributed by atoms with Crippen LogP contribution in [0.5, 0.6) is 5.75 Å². The number of allylic oxidation sites excluding steroid dienone is 1. The van der Waals surface area contributed by atoms with Gasteiger partial charge in [0.1, 0.15) is 5.75 Å². The molecule has 1 fully saturated rings. The summed E-state index contributed by atoms with van der Waals surface area (Å²) in [6, 6.07) is 7.23. The quantitative estimate of drug-likeness (QED) is 0.592. The maximum Gasteiger partial charge on any atom is 0.338 e. The molecule has 3 aliphatic heterocycles. The summed E-state index contributed by atoms with van der Waals surface area (Å²) < 4.78 is 10.5. The highest BCUT2D eigenvalue weighted by atomic mass is 32.2. The van der Waals surface area contributed by atoms with Crippen molar-refractivity contribution in [3.63, 3.8) is 0 Å². The van der Waals surface area contributed by atoms with Gasteiger partial charge in [-0.05, 0) is 36.6 Å². The van der Waals surface area contributed by atoms with Gasteiger partial charge in [-0.15, -0.1) is 0 Å². The van der Waals surface area contributed by atoms with Gasteiger partial charge in [0, 0.05) is 31.9 Å². The van der Waals surface area contributed by atoms with Crippen LogP contribution in [0.4, 0.5) is 0 Å². The van der Waals surface area contributed by atoms with Crippen molar-refractivity contribution in [1.82, 2.24) is 14.7 Å². The molecule has 33 heavy (non-hydrogen) atoms. The molecule has 0 N–H and O–H groups in total. The molecule has 0 bridgehead atoms. The van der Waals surface area contributed by atoms with Crippen LogP contribution < -0.4 is 4.74 Å². The highest BCUT2D eigenvalue weighted by Crippen LogP contribution is 2.45. The molecule has 9 heteroatoms. The maximum absolute atomic E-state index is 13.1. The van der Waals surface area contributed by atoms with Crippen molar-refractivity contribution in [3.05, 3.63) is 52.2 Å². The van der Waals surface area contributed by atoms with Crippen LogP contribution in [0.3, 0.4) is 0 Å². The van der Waals surface area contributed by atoms with E-state index in [9.17, 15) is 9.59 Å². The Balaban J connectivity index is 1.68. The van der Waals surface area contributed by atoms with Crippen molar-refractivity contribution in [2.45, 2.75) is 25.8 Å². The second-order valence-corrected chi connectivity index (χ2v) is 9.07. The zero-order chi connectivity index (χ0) is 23.5. The van der Waals surface area contributed by atoms with E-state index in [1.165, 1.54) is 18.9 Å². The van der Waals surface area contributed by atoms with Gasteiger partial charge in [0.2, 0.25) is 5.91 Å². The minimum absolute atomic E-state index is 0.0922. The van der Waals surface area contributed by atoms with E-state index in [2.05, 4.69) is 11.9 Å². The summed E-state index contributed by atoms with van der Waals surface area (Å²) in [7, 11) is 5.08. The number of hydrogen-bond donors (Lipinski definition) is 0. The van der Waals surface area contributed by atoms with Gasteiger partial charge in [0.25, 0.3) is 0 Å². The molecule has 8 nitrogen and oxygen atoms in total. The first kappa shape index (κ1) is 23.4. The lowest BCUT2D eigenvalue weighted by Gasteiger charge is -2.37. The second kappa shape index (κ2) is 10.0. The number of fused-ring (bicyclic) bond motifs is 1. The molecule has 1 saturated heterocycles. The van der Waals surface area contributed by atoms with Crippen molar-refractivity contribution >= 4 is 28.8 Å². The number of esters is 1. The van der Waals surface area contributed by atoms with E-state index >= 15 is 0 Å². The fraction of sp³-hybridized carbons (Fsp3) is 0.458. The first-order valence-corrected chi connectivity index (χ1v) is 12.0. The number of carbonyl (C=O) groups is 2. The van der Waals surface area contributed by atoms with Crippen LogP contribution in [-0.2, 0) is 14.3 Å². The Kier molecular flexibility index (Phi) is 7.09. The molecule has 3 heterocycles. The van der Waals surface area contributed by atoms with Crippen molar-refractivity contribution in [3.8, 4) is 5.75 Å². The zero-order valence-corrected chi connectivity index (χ0v) is 20.4. The van der Waals surface area contributed by atoms with Gasteiger partial charge >= 0.3 is 5.97 Å².